The molecule has 1 aromatic rings. The molecular formula is C16H25F2N3O. The molecular weight excluding hydrogens is 288 g/mol. The first-order valence-electron chi connectivity index (χ1n) is 7.95. The van der Waals surface area contributed by atoms with Crippen molar-refractivity contribution in [3.05, 3.63) is 23.8 Å². The molecule has 0 atom stereocenters. The van der Waals surface area contributed by atoms with Crippen LogP contribution in [0, 0.1) is 11.6 Å². The summed E-state index contributed by atoms with van der Waals surface area (Å²) in [5.74, 6) is -0.861. The van der Waals surface area contributed by atoms with Crippen LogP contribution in [0.25, 0.3) is 0 Å². The second-order valence-corrected chi connectivity index (χ2v) is 5.35. The van der Waals surface area contributed by atoms with Crippen molar-refractivity contribution in [2.45, 2.75) is 13.8 Å². The molecule has 1 fully saturated rings. The lowest BCUT2D eigenvalue weighted by Crippen LogP contribution is -2.44. The summed E-state index contributed by atoms with van der Waals surface area (Å²) in [7, 11) is 0. The summed E-state index contributed by atoms with van der Waals surface area (Å²) in [6.45, 7) is 9.88. The highest BCUT2D eigenvalue weighted by molar-refractivity contribution is 5.52. The average molecular weight is 313 g/mol. The highest BCUT2D eigenvalue weighted by Crippen LogP contribution is 2.28. The minimum atomic E-state index is -0.556. The third kappa shape index (κ3) is 4.30. The molecule has 124 valence electrons. The molecule has 22 heavy (non-hydrogen) atoms. The summed E-state index contributed by atoms with van der Waals surface area (Å²) in [6.07, 6.45) is 0. The first kappa shape index (κ1) is 17.0. The molecule has 0 bridgehead atoms. The first-order valence-corrected chi connectivity index (χ1v) is 7.95. The van der Waals surface area contributed by atoms with Gasteiger partial charge in [0.25, 0.3) is 0 Å². The van der Waals surface area contributed by atoms with Crippen LogP contribution < -0.4 is 15.0 Å². The Kier molecular flexibility index (Phi) is 6.39. The van der Waals surface area contributed by atoms with Crippen LogP contribution in [0.15, 0.2) is 12.1 Å². The lowest BCUT2D eigenvalue weighted by Gasteiger charge is -2.30. The third-order valence-corrected chi connectivity index (χ3v) is 3.99. The first-order chi connectivity index (χ1) is 10.7. The number of halogens is 2. The topological polar surface area (TPSA) is 27.7 Å². The molecule has 0 aliphatic carbocycles. The fourth-order valence-corrected chi connectivity index (χ4v) is 2.65. The van der Waals surface area contributed by atoms with Crippen LogP contribution in [0.5, 0.6) is 5.75 Å². The molecule has 1 aliphatic rings. The number of anilines is 1. The molecule has 1 aliphatic heterocycles. The van der Waals surface area contributed by atoms with E-state index in [9.17, 15) is 8.78 Å². The normalized spacial score (nSPS) is 15.4. The lowest BCUT2D eigenvalue weighted by molar-refractivity contribution is 0.222. The summed E-state index contributed by atoms with van der Waals surface area (Å²) >= 11 is 0. The summed E-state index contributed by atoms with van der Waals surface area (Å²) in [5.41, 5.74) is 0.0533. The van der Waals surface area contributed by atoms with Gasteiger partial charge in [-0.2, -0.15) is 0 Å². The largest absolute Gasteiger partial charge is 0.492 e. The zero-order valence-electron chi connectivity index (χ0n) is 13.4. The van der Waals surface area contributed by atoms with Crippen molar-refractivity contribution in [3.63, 3.8) is 0 Å². The maximum absolute atomic E-state index is 14.2. The van der Waals surface area contributed by atoms with E-state index in [1.165, 1.54) is 12.1 Å². The van der Waals surface area contributed by atoms with Crippen molar-refractivity contribution in [2.75, 3.05) is 57.3 Å². The third-order valence-electron chi connectivity index (χ3n) is 3.99. The van der Waals surface area contributed by atoms with Crippen molar-refractivity contribution >= 4 is 5.69 Å². The molecule has 0 unspecified atom stereocenters. The minimum Gasteiger partial charge on any atom is -0.492 e. The second kappa shape index (κ2) is 8.29. The van der Waals surface area contributed by atoms with Crippen molar-refractivity contribution in [3.8, 4) is 5.75 Å². The van der Waals surface area contributed by atoms with Gasteiger partial charge in [0.05, 0.1) is 0 Å². The van der Waals surface area contributed by atoms with E-state index < -0.39 is 11.6 Å². The number of hydrogen-bond donors (Lipinski definition) is 1. The highest BCUT2D eigenvalue weighted by Gasteiger charge is 2.20. The fraction of sp³-hybridized carbons (Fsp3) is 0.625. The number of nitrogens with zero attached hydrogens (tertiary/aromatic N) is 2. The van der Waals surface area contributed by atoms with Crippen LogP contribution in [0.1, 0.15) is 13.8 Å². The predicted molar refractivity (Wildman–Crippen MR) is 84.7 cm³/mol. The molecule has 1 aromatic carbocycles. The molecule has 0 saturated carbocycles. The van der Waals surface area contributed by atoms with Gasteiger partial charge < -0.3 is 19.9 Å². The summed E-state index contributed by atoms with van der Waals surface area (Å²) in [5, 5.41) is 3.17. The van der Waals surface area contributed by atoms with Gasteiger partial charge in [-0.25, -0.2) is 8.78 Å². The van der Waals surface area contributed by atoms with Gasteiger partial charge in [0.2, 0.25) is 0 Å². The van der Waals surface area contributed by atoms with E-state index in [4.69, 9.17) is 4.74 Å². The Morgan fingerprint density at radius 1 is 1.14 bits per heavy atom. The Balaban J connectivity index is 1.99. The second-order valence-electron chi connectivity index (χ2n) is 5.35. The van der Waals surface area contributed by atoms with E-state index in [-0.39, 0.29) is 11.4 Å². The number of likely N-dealkylation sites (N-methyl/N-ethyl adjacent to an activating group) is 1. The number of ether oxygens (including phenoxy) is 1. The van der Waals surface area contributed by atoms with E-state index in [0.29, 0.717) is 19.7 Å². The van der Waals surface area contributed by atoms with Gasteiger partial charge in [0.15, 0.2) is 11.6 Å². The van der Waals surface area contributed by atoms with E-state index in [1.807, 2.05) is 0 Å². The molecule has 4 nitrogen and oxygen atoms in total. The maximum Gasteiger partial charge on any atom is 0.153 e. The summed E-state index contributed by atoms with van der Waals surface area (Å²) in [6, 6.07) is 2.56. The fourth-order valence-electron chi connectivity index (χ4n) is 2.65. The van der Waals surface area contributed by atoms with Crippen LogP contribution in [-0.4, -0.2) is 57.3 Å². The Morgan fingerprint density at radius 2 is 1.73 bits per heavy atom. The molecule has 6 heteroatoms. The van der Waals surface area contributed by atoms with E-state index in [2.05, 4.69) is 24.1 Å². The summed E-state index contributed by atoms with van der Waals surface area (Å²) < 4.78 is 33.9. The monoisotopic (exact) mass is 313 g/mol. The predicted octanol–water partition coefficient (Wildman–Crippen LogP) is 2.09. The number of rotatable bonds is 7. The Labute approximate surface area is 131 Å². The Hall–Kier alpha value is -1.40. The average Bonchev–Trinajstić information content (AvgIpc) is 2.52. The van der Waals surface area contributed by atoms with Gasteiger partial charge in [-0.1, -0.05) is 13.8 Å². The van der Waals surface area contributed by atoms with E-state index in [1.54, 1.807) is 4.90 Å². The molecule has 2 rings (SSSR count). The van der Waals surface area contributed by atoms with E-state index in [0.717, 1.165) is 32.7 Å². The quantitative estimate of drug-likeness (QED) is 0.834. The van der Waals surface area contributed by atoms with Crippen molar-refractivity contribution < 1.29 is 13.5 Å². The molecule has 0 aromatic heterocycles. The van der Waals surface area contributed by atoms with Crippen LogP contribution in [0.4, 0.5) is 14.5 Å². The van der Waals surface area contributed by atoms with Crippen LogP contribution in [0.3, 0.4) is 0 Å². The molecule has 0 spiro atoms. The van der Waals surface area contributed by atoms with Crippen LogP contribution in [0.2, 0.25) is 0 Å². The minimum absolute atomic E-state index is 0.0533. The number of benzene rings is 1. The molecule has 1 saturated heterocycles. The van der Waals surface area contributed by atoms with E-state index >= 15 is 0 Å². The van der Waals surface area contributed by atoms with Gasteiger partial charge in [0, 0.05) is 44.9 Å². The van der Waals surface area contributed by atoms with Gasteiger partial charge >= 0.3 is 0 Å². The van der Waals surface area contributed by atoms with Crippen molar-refractivity contribution in [1.29, 1.82) is 0 Å². The molecule has 1 heterocycles. The van der Waals surface area contributed by atoms with Crippen LogP contribution >= 0.6 is 0 Å². The molecule has 0 radical (unpaired) electrons. The van der Waals surface area contributed by atoms with Crippen molar-refractivity contribution in [1.82, 2.24) is 10.2 Å². The Morgan fingerprint density at radius 3 is 2.27 bits per heavy atom. The van der Waals surface area contributed by atoms with Crippen molar-refractivity contribution in [2.24, 2.45) is 0 Å². The van der Waals surface area contributed by atoms with Gasteiger partial charge in [0.1, 0.15) is 18.0 Å². The Bertz CT molecular complexity index is 451. The standard InChI is InChI=1S/C16H25F2N3O/c1-3-20(4-2)9-10-22-13-11-14(17)16(15(18)12-13)21-7-5-19-6-8-21/h11-12,19H,3-10H2,1-2H3. The number of nitrogens with one attached hydrogen (secondary N) is 1. The van der Waals surface area contributed by atoms with Crippen LogP contribution in [-0.2, 0) is 0 Å². The zero-order valence-corrected chi connectivity index (χ0v) is 13.4. The number of piperazine rings is 1. The van der Waals surface area contributed by atoms with Gasteiger partial charge in [-0.3, -0.25) is 0 Å². The summed E-state index contributed by atoms with van der Waals surface area (Å²) in [4.78, 5) is 3.93. The molecule has 1 N–H and O–H groups in total. The number of hydrogen-bond acceptors (Lipinski definition) is 4. The smallest absolute Gasteiger partial charge is 0.153 e. The van der Waals surface area contributed by atoms with Gasteiger partial charge in [-0.05, 0) is 13.1 Å². The highest BCUT2D eigenvalue weighted by atomic mass is 19.1. The maximum atomic E-state index is 14.2. The molecule has 0 amide bonds. The SMILES string of the molecule is CCN(CC)CCOc1cc(F)c(N2CCNCC2)c(F)c1. The zero-order chi connectivity index (χ0) is 15.9. The van der Waals surface area contributed by atoms with Gasteiger partial charge in [-0.15, -0.1) is 0 Å². The lowest BCUT2D eigenvalue weighted by atomic mass is 10.2.